The van der Waals surface area contributed by atoms with Crippen molar-refractivity contribution in [2.24, 2.45) is 5.41 Å². The van der Waals surface area contributed by atoms with Crippen LogP contribution in [-0.4, -0.2) is 49.9 Å². The standard InChI is InChI=1S/C13H21N6O4PS/c1-13(2,3)5-23-24(21,22)6-15-11(20)10-16-7-8(14)17-12(25-4)19-9(7)18-10/h5-6H2,1-4H3,(H,15,20)(H,21,22)(H3,14,16,17,18,19). The first-order valence-corrected chi connectivity index (χ1v) is 10.3. The first-order chi connectivity index (χ1) is 11.5. The lowest BCUT2D eigenvalue weighted by atomic mass is 9.99. The zero-order valence-electron chi connectivity index (χ0n) is 14.4. The van der Waals surface area contributed by atoms with Crippen LogP contribution in [0.15, 0.2) is 5.16 Å². The number of amides is 1. The summed E-state index contributed by atoms with van der Waals surface area (Å²) in [5, 5.41) is 2.75. The number of aromatic nitrogens is 4. The van der Waals surface area contributed by atoms with Gasteiger partial charge in [0.15, 0.2) is 22.4 Å². The predicted octanol–water partition coefficient (Wildman–Crippen LogP) is 1.59. The van der Waals surface area contributed by atoms with Crippen molar-refractivity contribution < 1.29 is 18.8 Å². The molecule has 0 aliphatic carbocycles. The predicted molar refractivity (Wildman–Crippen MR) is 95.4 cm³/mol. The molecule has 2 rings (SSSR count). The van der Waals surface area contributed by atoms with Gasteiger partial charge in [-0.05, 0) is 11.7 Å². The summed E-state index contributed by atoms with van der Waals surface area (Å²) >= 11 is 1.29. The molecule has 0 saturated heterocycles. The van der Waals surface area contributed by atoms with Crippen molar-refractivity contribution in [2.45, 2.75) is 25.9 Å². The number of anilines is 1. The van der Waals surface area contributed by atoms with Crippen LogP contribution in [0.25, 0.3) is 11.2 Å². The number of thioether (sulfide) groups is 1. The Labute approximate surface area is 148 Å². The normalized spacial score (nSPS) is 14.4. The molecule has 10 nitrogen and oxygen atoms in total. The van der Waals surface area contributed by atoms with Gasteiger partial charge in [0, 0.05) is 0 Å². The molecule has 2 heterocycles. The molecule has 2 aromatic heterocycles. The van der Waals surface area contributed by atoms with Gasteiger partial charge in [0.25, 0.3) is 5.91 Å². The van der Waals surface area contributed by atoms with E-state index in [1.54, 1.807) is 6.26 Å². The summed E-state index contributed by atoms with van der Waals surface area (Å²) < 4.78 is 17.0. The van der Waals surface area contributed by atoms with E-state index in [1.165, 1.54) is 11.8 Å². The number of aromatic amines is 1. The zero-order valence-corrected chi connectivity index (χ0v) is 16.1. The number of rotatable bonds is 6. The second-order valence-electron chi connectivity index (χ2n) is 6.52. The summed E-state index contributed by atoms with van der Waals surface area (Å²) in [4.78, 5) is 36.9. The van der Waals surface area contributed by atoms with Gasteiger partial charge in [-0.3, -0.25) is 9.36 Å². The molecule has 0 aliphatic heterocycles. The molecule has 0 radical (unpaired) electrons. The van der Waals surface area contributed by atoms with E-state index in [0.29, 0.717) is 10.7 Å². The van der Waals surface area contributed by atoms with Gasteiger partial charge in [-0.2, -0.15) is 0 Å². The van der Waals surface area contributed by atoms with Crippen LogP contribution in [0.5, 0.6) is 0 Å². The maximum atomic E-state index is 12.1. The Bertz CT molecular complexity index is 834. The van der Waals surface area contributed by atoms with Crippen LogP contribution < -0.4 is 11.1 Å². The third-order valence-corrected chi connectivity index (χ3v) is 4.53. The Hall–Kier alpha value is -1.68. The summed E-state index contributed by atoms with van der Waals surface area (Å²) in [6, 6.07) is 0. The summed E-state index contributed by atoms with van der Waals surface area (Å²) in [6.45, 7) is 5.70. The Morgan fingerprint density at radius 2 is 2.08 bits per heavy atom. The van der Waals surface area contributed by atoms with Gasteiger partial charge in [0.2, 0.25) is 0 Å². The van der Waals surface area contributed by atoms with E-state index in [9.17, 15) is 14.3 Å². The molecular formula is C13H21N6O4PS. The highest BCUT2D eigenvalue weighted by Crippen LogP contribution is 2.42. The lowest BCUT2D eigenvalue weighted by Gasteiger charge is -2.20. The lowest BCUT2D eigenvalue weighted by molar-refractivity contribution is 0.0944. The van der Waals surface area contributed by atoms with Crippen molar-refractivity contribution >= 4 is 42.2 Å². The number of hydrogen-bond acceptors (Lipinski definition) is 8. The fourth-order valence-corrected chi connectivity index (χ4v) is 3.08. The van der Waals surface area contributed by atoms with Gasteiger partial charge in [-0.25, -0.2) is 15.0 Å². The molecule has 1 amide bonds. The van der Waals surface area contributed by atoms with E-state index in [4.69, 9.17) is 10.3 Å². The van der Waals surface area contributed by atoms with Crippen molar-refractivity contribution in [3.8, 4) is 0 Å². The van der Waals surface area contributed by atoms with Gasteiger partial charge in [-0.15, -0.1) is 0 Å². The van der Waals surface area contributed by atoms with Gasteiger partial charge in [-0.1, -0.05) is 32.5 Å². The SMILES string of the molecule is CSc1nc(N)c2[nH]c(C(=O)NCP(=O)(O)OCC(C)(C)C)nc2n1. The van der Waals surface area contributed by atoms with Crippen LogP contribution in [0.3, 0.4) is 0 Å². The minimum atomic E-state index is -3.95. The van der Waals surface area contributed by atoms with Crippen LogP contribution in [0.1, 0.15) is 31.4 Å². The molecule has 5 N–H and O–H groups in total. The van der Waals surface area contributed by atoms with Gasteiger partial charge >= 0.3 is 7.60 Å². The number of nitrogens with zero attached hydrogens (tertiary/aromatic N) is 3. The second kappa shape index (κ2) is 7.28. The maximum absolute atomic E-state index is 12.1. The van der Waals surface area contributed by atoms with Crippen LogP contribution in [-0.2, 0) is 9.09 Å². The van der Waals surface area contributed by atoms with Gasteiger partial charge in [0.05, 0.1) is 6.61 Å². The molecule has 0 aromatic carbocycles. The number of nitrogen functional groups attached to an aromatic ring is 1. The molecule has 0 aliphatic rings. The molecular weight excluding hydrogens is 367 g/mol. The molecule has 2 aromatic rings. The molecule has 0 bridgehead atoms. The van der Waals surface area contributed by atoms with E-state index in [-0.39, 0.29) is 29.3 Å². The highest BCUT2D eigenvalue weighted by molar-refractivity contribution is 7.98. The molecule has 0 saturated carbocycles. The number of imidazole rings is 1. The topological polar surface area (TPSA) is 156 Å². The molecule has 1 unspecified atom stereocenters. The number of carbonyl (C=O) groups is 1. The summed E-state index contributed by atoms with van der Waals surface area (Å²) in [6.07, 6.45) is 1.26. The average molecular weight is 388 g/mol. The van der Waals surface area contributed by atoms with E-state index >= 15 is 0 Å². The molecule has 0 fully saturated rings. The number of fused-ring (bicyclic) bond motifs is 1. The maximum Gasteiger partial charge on any atom is 0.347 e. The van der Waals surface area contributed by atoms with Crippen molar-refractivity contribution in [1.82, 2.24) is 25.3 Å². The van der Waals surface area contributed by atoms with Crippen LogP contribution >= 0.6 is 19.4 Å². The summed E-state index contributed by atoms with van der Waals surface area (Å²) in [5.41, 5.74) is 6.11. The number of nitrogens with two attached hydrogens (primary N) is 1. The molecule has 1 atom stereocenters. The fourth-order valence-electron chi connectivity index (χ4n) is 1.69. The Morgan fingerprint density at radius 1 is 1.40 bits per heavy atom. The highest BCUT2D eigenvalue weighted by atomic mass is 32.2. The fraction of sp³-hybridized carbons (Fsp3) is 0.538. The third-order valence-electron chi connectivity index (χ3n) is 2.89. The van der Waals surface area contributed by atoms with Gasteiger partial charge < -0.3 is 25.5 Å². The Kier molecular flexibility index (Phi) is 5.72. The van der Waals surface area contributed by atoms with Crippen molar-refractivity contribution in [1.29, 1.82) is 0 Å². The van der Waals surface area contributed by atoms with Crippen molar-refractivity contribution in [3.63, 3.8) is 0 Å². The van der Waals surface area contributed by atoms with Crippen molar-refractivity contribution in [2.75, 3.05) is 24.9 Å². The quantitative estimate of drug-likeness (QED) is 0.328. The van der Waals surface area contributed by atoms with Crippen LogP contribution in [0.2, 0.25) is 0 Å². The second-order valence-corrected chi connectivity index (χ2v) is 9.14. The Morgan fingerprint density at radius 3 is 2.68 bits per heavy atom. The monoisotopic (exact) mass is 388 g/mol. The minimum Gasteiger partial charge on any atom is -0.382 e. The summed E-state index contributed by atoms with van der Waals surface area (Å²) in [7, 11) is -3.95. The van der Waals surface area contributed by atoms with E-state index < -0.39 is 19.8 Å². The number of hydrogen-bond donors (Lipinski definition) is 4. The smallest absolute Gasteiger partial charge is 0.347 e. The number of carbonyl (C=O) groups excluding carboxylic acids is 1. The van der Waals surface area contributed by atoms with Gasteiger partial charge in [0.1, 0.15) is 11.8 Å². The zero-order chi connectivity index (χ0) is 18.8. The number of nitrogens with one attached hydrogen (secondary N) is 2. The molecule has 0 spiro atoms. The minimum absolute atomic E-state index is 0.0786. The first kappa shape index (κ1) is 19.6. The largest absolute Gasteiger partial charge is 0.382 e. The Balaban J connectivity index is 2.07. The lowest BCUT2D eigenvalue weighted by Crippen LogP contribution is -2.26. The van der Waals surface area contributed by atoms with E-state index in [1.807, 2.05) is 20.8 Å². The highest BCUT2D eigenvalue weighted by Gasteiger charge is 2.25. The molecule has 138 valence electrons. The van der Waals surface area contributed by atoms with E-state index in [2.05, 4.69) is 25.3 Å². The van der Waals surface area contributed by atoms with Crippen LogP contribution in [0, 0.1) is 5.41 Å². The van der Waals surface area contributed by atoms with E-state index in [0.717, 1.165) is 0 Å². The van der Waals surface area contributed by atoms with Crippen molar-refractivity contribution in [3.05, 3.63) is 5.82 Å². The summed E-state index contributed by atoms with van der Waals surface area (Å²) in [5.74, 6) is -0.580. The first-order valence-electron chi connectivity index (χ1n) is 7.32. The molecule has 25 heavy (non-hydrogen) atoms. The third kappa shape index (κ3) is 5.40. The average Bonchev–Trinajstić information content (AvgIpc) is 2.95. The van der Waals surface area contributed by atoms with Crippen LogP contribution in [0.4, 0.5) is 5.82 Å². The molecule has 12 heteroatoms. The number of H-pyrrole nitrogens is 1.